The fraction of sp³-hybridized carbons (Fsp3) is 0.214. The average Bonchev–Trinajstić information content (AvgIpc) is 2.40. The largest absolute Gasteiger partial charge is 0.497 e. The number of ether oxygens (including phenoxy) is 2. The third-order valence-corrected chi connectivity index (χ3v) is 2.87. The van der Waals surface area contributed by atoms with Gasteiger partial charge in [-0.25, -0.2) is 0 Å². The Bertz CT molecular complexity index is 474. The lowest BCUT2D eigenvalue weighted by Crippen LogP contribution is -2.32. The topological polar surface area (TPSA) is 35.5 Å². The first-order chi connectivity index (χ1) is 8.23. The number of benzene rings is 1. The standard InChI is InChI=1S/C14H14O3/c1-16-13-10-12(15)8-9-14(13,17-2)11-6-4-3-5-7-11/h3-10H,1-2H3. The molecule has 0 aliphatic heterocycles. The van der Waals surface area contributed by atoms with Crippen LogP contribution in [-0.4, -0.2) is 20.0 Å². The summed E-state index contributed by atoms with van der Waals surface area (Å²) >= 11 is 0. The van der Waals surface area contributed by atoms with Gasteiger partial charge in [0.2, 0.25) is 0 Å². The zero-order chi connectivity index (χ0) is 12.3. The lowest BCUT2D eigenvalue weighted by Gasteiger charge is -2.32. The fourth-order valence-electron chi connectivity index (χ4n) is 1.99. The minimum atomic E-state index is -0.802. The SMILES string of the molecule is COC1=CC(=O)C=CC1(OC)c1ccccc1. The number of carbonyl (C=O) groups excluding carboxylic acids is 1. The second-order valence-electron chi connectivity index (χ2n) is 3.75. The quantitative estimate of drug-likeness (QED) is 0.798. The van der Waals surface area contributed by atoms with Crippen LogP contribution < -0.4 is 0 Å². The van der Waals surface area contributed by atoms with Gasteiger partial charge in [-0.05, 0) is 17.7 Å². The Hall–Kier alpha value is -1.87. The summed E-state index contributed by atoms with van der Waals surface area (Å²) in [6, 6.07) is 9.66. The van der Waals surface area contributed by atoms with Crippen molar-refractivity contribution in [2.75, 3.05) is 14.2 Å². The molecule has 1 aromatic rings. The molecule has 1 aromatic carbocycles. The highest BCUT2D eigenvalue weighted by atomic mass is 16.5. The summed E-state index contributed by atoms with van der Waals surface area (Å²) in [5.41, 5.74) is 0.128. The lowest BCUT2D eigenvalue weighted by molar-refractivity contribution is -0.111. The summed E-state index contributed by atoms with van der Waals surface area (Å²) in [5, 5.41) is 0. The van der Waals surface area contributed by atoms with Gasteiger partial charge in [0.25, 0.3) is 0 Å². The number of hydrogen-bond donors (Lipinski definition) is 0. The van der Waals surface area contributed by atoms with Crippen molar-refractivity contribution < 1.29 is 14.3 Å². The molecule has 3 heteroatoms. The number of carbonyl (C=O) groups is 1. The Balaban J connectivity index is 2.55. The van der Waals surface area contributed by atoms with Gasteiger partial charge in [-0.2, -0.15) is 0 Å². The molecule has 0 spiro atoms. The molecule has 0 fully saturated rings. The first kappa shape index (κ1) is 11.6. The van der Waals surface area contributed by atoms with Crippen molar-refractivity contribution in [3.63, 3.8) is 0 Å². The van der Waals surface area contributed by atoms with E-state index in [1.165, 1.54) is 19.3 Å². The van der Waals surface area contributed by atoms with Crippen LogP contribution in [0.15, 0.2) is 54.3 Å². The fourth-order valence-corrected chi connectivity index (χ4v) is 1.99. The predicted octanol–water partition coefficient (Wildman–Crippen LogP) is 2.20. The summed E-state index contributed by atoms with van der Waals surface area (Å²) in [5.74, 6) is 0.407. The first-order valence-corrected chi connectivity index (χ1v) is 5.33. The van der Waals surface area contributed by atoms with E-state index < -0.39 is 5.60 Å². The van der Waals surface area contributed by atoms with Crippen molar-refractivity contribution in [1.82, 2.24) is 0 Å². The molecule has 0 saturated heterocycles. The van der Waals surface area contributed by atoms with E-state index in [0.29, 0.717) is 5.76 Å². The smallest absolute Gasteiger partial charge is 0.181 e. The molecule has 1 aliphatic rings. The van der Waals surface area contributed by atoms with E-state index >= 15 is 0 Å². The molecule has 0 heterocycles. The van der Waals surface area contributed by atoms with Gasteiger partial charge in [-0.1, -0.05) is 30.3 Å². The number of methoxy groups -OCH3 is 2. The molecule has 0 bridgehead atoms. The summed E-state index contributed by atoms with van der Waals surface area (Å²) in [4.78, 5) is 11.4. The summed E-state index contributed by atoms with van der Waals surface area (Å²) < 4.78 is 10.9. The molecular formula is C14H14O3. The molecule has 0 amide bonds. The van der Waals surface area contributed by atoms with Gasteiger partial charge in [0.05, 0.1) is 7.11 Å². The predicted molar refractivity (Wildman–Crippen MR) is 64.4 cm³/mol. The summed E-state index contributed by atoms with van der Waals surface area (Å²) in [7, 11) is 3.13. The number of hydrogen-bond acceptors (Lipinski definition) is 3. The summed E-state index contributed by atoms with van der Waals surface area (Å²) in [6.07, 6.45) is 4.68. The van der Waals surface area contributed by atoms with Gasteiger partial charge in [-0.15, -0.1) is 0 Å². The molecule has 3 nitrogen and oxygen atoms in total. The van der Waals surface area contributed by atoms with Gasteiger partial charge in [0, 0.05) is 13.2 Å². The van der Waals surface area contributed by atoms with Crippen LogP contribution in [0, 0.1) is 0 Å². The molecule has 1 aliphatic carbocycles. The molecule has 1 unspecified atom stereocenters. The maximum atomic E-state index is 11.4. The highest BCUT2D eigenvalue weighted by Crippen LogP contribution is 2.37. The van der Waals surface area contributed by atoms with Crippen LogP contribution >= 0.6 is 0 Å². The molecule has 0 radical (unpaired) electrons. The Morgan fingerprint density at radius 1 is 1.12 bits per heavy atom. The second kappa shape index (κ2) is 4.55. The number of allylic oxidation sites excluding steroid dienone is 2. The van der Waals surface area contributed by atoms with Gasteiger partial charge in [0.15, 0.2) is 11.4 Å². The molecule has 0 aromatic heterocycles. The van der Waals surface area contributed by atoms with Crippen molar-refractivity contribution in [2.24, 2.45) is 0 Å². The van der Waals surface area contributed by atoms with Crippen LogP contribution in [0.2, 0.25) is 0 Å². The zero-order valence-corrected chi connectivity index (χ0v) is 9.84. The second-order valence-corrected chi connectivity index (χ2v) is 3.75. The van der Waals surface area contributed by atoms with Crippen LogP contribution in [-0.2, 0) is 19.9 Å². The molecule has 88 valence electrons. The maximum absolute atomic E-state index is 11.4. The lowest BCUT2D eigenvalue weighted by atomic mass is 9.87. The minimum absolute atomic E-state index is 0.0922. The van der Waals surface area contributed by atoms with E-state index in [1.807, 2.05) is 30.3 Å². The zero-order valence-electron chi connectivity index (χ0n) is 9.84. The van der Waals surface area contributed by atoms with Crippen LogP contribution in [0.3, 0.4) is 0 Å². The van der Waals surface area contributed by atoms with E-state index in [0.717, 1.165) is 5.56 Å². The molecule has 0 N–H and O–H groups in total. The summed E-state index contributed by atoms with van der Waals surface area (Å²) in [6.45, 7) is 0. The van der Waals surface area contributed by atoms with E-state index in [9.17, 15) is 4.79 Å². The molecule has 17 heavy (non-hydrogen) atoms. The Kier molecular flexibility index (Phi) is 3.11. The monoisotopic (exact) mass is 230 g/mol. The maximum Gasteiger partial charge on any atom is 0.181 e. The van der Waals surface area contributed by atoms with E-state index in [2.05, 4.69) is 0 Å². The van der Waals surface area contributed by atoms with Crippen LogP contribution in [0.25, 0.3) is 0 Å². The van der Waals surface area contributed by atoms with E-state index in [4.69, 9.17) is 9.47 Å². The molecular weight excluding hydrogens is 216 g/mol. The van der Waals surface area contributed by atoms with Crippen molar-refractivity contribution in [3.05, 3.63) is 59.9 Å². The van der Waals surface area contributed by atoms with E-state index in [1.54, 1.807) is 13.2 Å². The average molecular weight is 230 g/mol. The van der Waals surface area contributed by atoms with Crippen molar-refractivity contribution in [1.29, 1.82) is 0 Å². The number of rotatable bonds is 3. The third-order valence-electron chi connectivity index (χ3n) is 2.87. The highest BCUT2D eigenvalue weighted by molar-refractivity contribution is 6.01. The van der Waals surface area contributed by atoms with Crippen LogP contribution in [0.1, 0.15) is 5.56 Å². The number of ketones is 1. The molecule has 2 rings (SSSR count). The highest BCUT2D eigenvalue weighted by Gasteiger charge is 2.37. The molecule has 0 saturated carbocycles. The van der Waals surface area contributed by atoms with Crippen molar-refractivity contribution >= 4 is 5.78 Å². The van der Waals surface area contributed by atoms with Crippen LogP contribution in [0.4, 0.5) is 0 Å². The Morgan fingerprint density at radius 3 is 2.41 bits per heavy atom. The minimum Gasteiger partial charge on any atom is -0.497 e. The van der Waals surface area contributed by atoms with Crippen LogP contribution in [0.5, 0.6) is 0 Å². The van der Waals surface area contributed by atoms with Gasteiger partial charge in [-0.3, -0.25) is 4.79 Å². The van der Waals surface area contributed by atoms with Crippen molar-refractivity contribution in [2.45, 2.75) is 5.60 Å². The van der Waals surface area contributed by atoms with Gasteiger partial charge in [0.1, 0.15) is 5.76 Å². The Labute approximate surface area is 100 Å². The van der Waals surface area contributed by atoms with Gasteiger partial charge < -0.3 is 9.47 Å². The third kappa shape index (κ3) is 1.89. The first-order valence-electron chi connectivity index (χ1n) is 5.33. The molecule has 1 atom stereocenters. The normalized spacial score (nSPS) is 23.4. The Morgan fingerprint density at radius 2 is 1.82 bits per heavy atom. The van der Waals surface area contributed by atoms with E-state index in [-0.39, 0.29) is 5.78 Å². The van der Waals surface area contributed by atoms with Crippen molar-refractivity contribution in [3.8, 4) is 0 Å². The van der Waals surface area contributed by atoms with Gasteiger partial charge >= 0.3 is 0 Å².